The SMILES string of the molecule is ON1NC=CO1. The molecule has 1 rings (SSSR count). The fraction of sp³-hybridized carbons (Fsp3) is 0. The van der Waals surface area contributed by atoms with Gasteiger partial charge in [0.25, 0.3) is 0 Å². The molecule has 0 atom stereocenters. The van der Waals surface area contributed by atoms with Gasteiger partial charge in [-0.2, -0.15) is 0 Å². The molecule has 4 heteroatoms. The van der Waals surface area contributed by atoms with Crippen LogP contribution in [0.2, 0.25) is 0 Å². The third kappa shape index (κ3) is 0.425. The van der Waals surface area contributed by atoms with E-state index in [1.165, 1.54) is 12.5 Å². The van der Waals surface area contributed by atoms with Gasteiger partial charge in [0.15, 0.2) is 0 Å². The third-order valence-corrected chi connectivity index (χ3v) is 0.414. The molecule has 4 nitrogen and oxygen atoms in total. The highest BCUT2D eigenvalue weighted by Crippen LogP contribution is 1.85. The van der Waals surface area contributed by atoms with Crippen LogP contribution in [0.15, 0.2) is 12.5 Å². The van der Waals surface area contributed by atoms with Gasteiger partial charge < -0.3 is 4.84 Å². The summed E-state index contributed by atoms with van der Waals surface area (Å²) >= 11 is 0. The Morgan fingerprint density at radius 3 is 2.83 bits per heavy atom. The van der Waals surface area contributed by atoms with Crippen LogP contribution in [0, 0.1) is 0 Å². The van der Waals surface area contributed by atoms with Crippen molar-refractivity contribution in [2.45, 2.75) is 0 Å². The molecule has 0 saturated heterocycles. The molecule has 0 saturated carbocycles. The molecule has 0 spiro atoms. The molecule has 6 heavy (non-hydrogen) atoms. The quantitative estimate of drug-likeness (QED) is 0.423. The first-order valence-corrected chi connectivity index (χ1v) is 1.46. The predicted molar refractivity (Wildman–Crippen MR) is 17.0 cm³/mol. The summed E-state index contributed by atoms with van der Waals surface area (Å²) in [7, 11) is 0. The lowest BCUT2D eigenvalue weighted by Gasteiger charge is -2.00. The highest BCUT2D eigenvalue weighted by atomic mass is 16.9. The predicted octanol–water partition coefficient (Wildman–Crippen LogP) is -0.401. The van der Waals surface area contributed by atoms with Gasteiger partial charge in [-0.15, -0.1) is 0 Å². The van der Waals surface area contributed by atoms with Crippen LogP contribution >= 0.6 is 0 Å². The Morgan fingerprint density at radius 1 is 1.83 bits per heavy atom. The van der Waals surface area contributed by atoms with E-state index in [2.05, 4.69) is 10.3 Å². The number of hydrogen-bond acceptors (Lipinski definition) is 4. The minimum absolute atomic E-state index is 0.500. The second kappa shape index (κ2) is 1.16. The Morgan fingerprint density at radius 2 is 2.67 bits per heavy atom. The zero-order chi connectivity index (χ0) is 4.41. The van der Waals surface area contributed by atoms with Crippen LogP contribution in [-0.2, 0) is 4.84 Å². The summed E-state index contributed by atoms with van der Waals surface area (Å²) in [6.45, 7) is 0. The van der Waals surface area contributed by atoms with Crippen molar-refractivity contribution in [2.75, 3.05) is 0 Å². The summed E-state index contributed by atoms with van der Waals surface area (Å²) in [6, 6.07) is 0. The van der Waals surface area contributed by atoms with Crippen molar-refractivity contribution in [1.29, 1.82) is 0 Å². The summed E-state index contributed by atoms with van der Waals surface area (Å²) < 4.78 is 0. The molecule has 0 fully saturated rings. The average molecular weight is 88.1 g/mol. The first-order valence-electron chi connectivity index (χ1n) is 1.46. The van der Waals surface area contributed by atoms with Crippen LogP contribution in [-0.4, -0.2) is 10.5 Å². The number of hydrogen-bond donors (Lipinski definition) is 2. The maximum atomic E-state index is 8.17. The van der Waals surface area contributed by atoms with E-state index in [0.717, 1.165) is 0 Å². The molecule has 1 aliphatic rings. The Bertz CT molecular complexity index is 63.9. The summed E-state index contributed by atoms with van der Waals surface area (Å²) in [6.07, 6.45) is 2.78. The van der Waals surface area contributed by atoms with Crippen LogP contribution in [0.1, 0.15) is 0 Å². The highest BCUT2D eigenvalue weighted by molar-refractivity contribution is 4.68. The molecule has 0 aromatic rings. The van der Waals surface area contributed by atoms with Gasteiger partial charge in [0.2, 0.25) is 0 Å². The smallest absolute Gasteiger partial charge is 0.134 e. The lowest BCUT2D eigenvalue weighted by molar-refractivity contribution is -0.322. The molecule has 1 aliphatic heterocycles. The van der Waals surface area contributed by atoms with Gasteiger partial charge in [-0.05, 0) is 0 Å². The van der Waals surface area contributed by atoms with Crippen LogP contribution in [0.25, 0.3) is 0 Å². The third-order valence-electron chi connectivity index (χ3n) is 0.414. The van der Waals surface area contributed by atoms with E-state index in [9.17, 15) is 0 Å². The lowest BCUT2D eigenvalue weighted by Crippen LogP contribution is -2.23. The summed E-state index contributed by atoms with van der Waals surface area (Å²) in [5.41, 5.74) is 2.31. The zero-order valence-electron chi connectivity index (χ0n) is 2.96. The van der Waals surface area contributed by atoms with Gasteiger partial charge in [-0.25, -0.2) is 0 Å². The maximum absolute atomic E-state index is 8.17. The van der Waals surface area contributed by atoms with E-state index in [1.807, 2.05) is 0 Å². The molecule has 0 aromatic carbocycles. The van der Waals surface area contributed by atoms with Gasteiger partial charge in [0.05, 0.1) is 11.5 Å². The van der Waals surface area contributed by atoms with Crippen molar-refractivity contribution in [2.24, 2.45) is 0 Å². The second-order valence-electron chi connectivity index (χ2n) is 0.810. The Labute approximate surface area is 34.5 Å². The van der Waals surface area contributed by atoms with Crippen LogP contribution in [0.3, 0.4) is 0 Å². The molecule has 0 aromatic heterocycles. The van der Waals surface area contributed by atoms with Crippen LogP contribution in [0.4, 0.5) is 0 Å². The van der Waals surface area contributed by atoms with E-state index >= 15 is 0 Å². The molecule has 0 bridgehead atoms. The zero-order valence-corrected chi connectivity index (χ0v) is 2.96. The molecule has 1 heterocycles. The van der Waals surface area contributed by atoms with E-state index in [0.29, 0.717) is 5.34 Å². The van der Waals surface area contributed by atoms with Gasteiger partial charge >= 0.3 is 0 Å². The summed E-state index contributed by atoms with van der Waals surface area (Å²) in [5.74, 6) is 0. The average Bonchev–Trinajstić information content (AvgIpc) is 1.86. The van der Waals surface area contributed by atoms with Crippen molar-refractivity contribution >= 4 is 0 Å². The van der Waals surface area contributed by atoms with Gasteiger partial charge in [0.1, 0.15) is 6.26 Å². The van der Waals surface area contributed by atoms with Crippen LogP contribution < -0.4 is 5.43 Å². The second-order valence-corrected chi connectivity index (χ2v) is 0.810. The molecular weight excluding hydrogens is 84.0 g/mol. The minimum atomic E-state index is 0.500. The lowest BCUT2D eigenvalue weighted by atomic mass is 11.0. The van der Waals surface area contributed by atoms with Gasteiger partial charge in [-0.1, -0.05) is 0 Å². The van der Waals surface area contributed by atoms with E-state index < -0.39 is 0 Å². The topological polar surface area (TPSA) is 44.7 Å². The molecule has 0 amide bonds. The number of hydrazine groups is 1. The molecule has 0 radical (unpaired) electrons. The largest absolute Gasteiger partial charge is 0.369 e. The number of nitrogens with one attached hydrogen (secondary N) is 1. The molecule has 0 aliphatic carbocycles. The van der Waals surface area contributed by atoms with E-state index in [1.54, 1.807) is 0 Å². The fourth-order valence-corrected chi connectivity index (χ4v) is 0.213. The van der Waals surface area contributed by atoms with Crippen molar-refractivity contribution in [1.82, 2.24) is 10.8 Å². The first kappa shape index (κ1) is 3.45. The van der Waals surface area contributed by atoms with Crippen LogP contribution in [0.5, 0.6) is 0 Å². The standard InChI is InChI=1S/C2H4N2O2/c5-4-3-1-2-6-4/h1-3,5H. The van der Waals surface area contributed by atoms with E-state index in [4.69, 9.17) is 5.21 Å². The monoisotopic (exact) mass is 88.0 g/mol. The fourth-order valence-electron chi connectivity index (χ4n) is 0.213. The van der Waals surface area contributed by atoms with Gasteiger partial charge in [0, 0.05) is 0 Å². The highest BCUT2D eigenvalue weighted by Gasteiger charge is 1.96. The molecule has 2 N–H and O–H groups in total. The van der Waals surface area contributed by atoms with Gasteiger partial charge in [-0.3, -0.25) is 10.6 Å². The minimum Gasteiger partial charge on any atom is -0.369 e. The Kier molecular flexibility index (Phi) is 0.664. The molecule has 34 valence electrons. The summed E-state index contributed by atoms with van der Waals surface area (Å²) in [4.78, 5) is 4.25. The Hall–Kier alpha value is -0.740. The normalized spacial score (nSPS) is 20.2. The first-order chi connectivity index (χ1) is 2.89. The van der Waals surface area contributed by atoms with Crippen molar-refractivity contribution in [3.63, 3.8) is 0 Å². The molecular formula is C2H4N2O2. The summed E-state index contributed by atoms with van der Waals surface area (Å²) in [5, 5.41) is 8.67. The van der Waals surface area contributed by atoms with E-state index in [-0.39, 0.29) is 0 Å². The van der Waals surface area contributed by atoms with Crippen molar-refractivity contribution < 1.29 is 10.0 Å². The number of nitrogens with zero attached hydrogens (tertiary/aromatic N) is 1. The number of rotatable bonds is 0. The molecule has 0 unspecified atom stereocenters. The van der Waals surface area contributed by atoms with Crippen molar-refractivity contribution in [3.05, 3.63) is 12.5 Å². The maximum Gasteiger partial charge on any atom is 0.134 e. The van der Waals surface area contributed by atoms with Crippen molar-refractivity contribution in [3.8, 4) is 0 Å². The Balaban J connectivity index is 2.32.